The van der Waals surface area contributed by atoms with Crippen LogP contribution in [0.3, 0.4) is 0 Å². The SMILES string of the molecule is Cn1ccc(C(F)(F)F)c(-c2cccc3c(C[C@H](NC(=O)c4c(F)cc(N5CCOC[C@@H]5C(F)(F)F)cc4CN4CCOCC4)C(=O)O)cccc23)c1=O. The number of alkyl halides is 6. The van der Waals surface area contributed by atoms with Crippen LogP contribution in [0.5, 0.6) is 0 Å². The standard InChI is InChI=1S/C37H35F7N4O6/c1-46-9-8-27(36(39,40)41)32(34(46)50)26-7-3-5-24-21(4-2-6-25(24)26)17-29(35(51)52)45-33(49)31-22(19-47-10-13-53-14-11-47)16-23(18-28(31)38)48-12-15-54-20-30(48)37(42,43)44/h2-9,16,18,29-30H,10-15,17,19-20H2,1H3,(H,45,49)(H,51,52)/t29-,30+/m0/s1. The van der Waals surface area contributed by atoms with Crippen LogP contribution in [0.4, 0.5) is 36.4 Å². The molecule has 2 N–H and O–H groups in total. The van der Waals surface area contributed by atoms with Gasteiger partial charge < -0.3 is 29.4 Å². The van der Waals surface area contributed by atoms with Gasteiger partial charge in [0.15, 0.2) is 0 Å². The van der Waals surface area contributed by atoms with E-state index in [0.717, 1.165) is 27.8 Å². The highest BCUT2D eigenvalue weighted by atomic mass is 19.4. The Bertz CT molecular complexity index is 2110. The Morgan fingerprint density at radius 1 is 0.926 bits per heavy atom. The molecule has 2 saturated heterocycles. The molecule has 0 saturated carbocycles. The summed E-state index contributed by atoms with van der Waals surface area (Å²) >= 11 is 0. The number of fused-ring (bicyclic) bond motifs is 1. The number of anilines is 1. The number of aryl methyl sites for hydroxylation is 1. The van der Waals surface area contributed by atoms with E-state index >= 15 is 4.39 Å². The number of benzene rings is 3. The number of halogens is 7. The van der Waals surface area contributed by atoms with E-state index in [0.29, 0.717) is 37.3 Å². The van der Waals surface area contributed by atoms with Crippen LogP contribution < -0.4 is 15.8 Å². The molecule has 288 valence electrons. The van der Waals surface area contributed by atoms with Crippen LogP contribution in [0.15, 0.2) is 65.6 Å². The number of hydrogen-bond acceptors (Lipinski definition) is 7. The summed E-state index contributed by atoms with van der Waals surface area (Å²) in [5.74, 6) is -3.81. The minimum Gasteiger partial charge on any atom is -0.480 e. The van der Waals surface area contributed by atoms with Crippen molar-refractivity contribution in [2.45, 2.75) is 37.4 Å². The van der Waals surface area contributed by atoms with E-state index in [9.17, 15) is 45.8 Å². The van der Waals surface area contributed by atoms with Crippen LogP contribution in [0.25, 0.3) is 21.9 Å². The monoisotopic (exact) mass is 764 g/mol. The van der Waals surface area contributed by atoms with E-state index in [2.05, 4.69) is 5.32 Å². The predicted octanol–water partition coefficient (Wildman–Crippen LogP) is 5.39. The van der Waals surface area contributed by atoms with Crippen molar-refractivity contribution in [1.82, 2.24) is 14.8 Å². The van der Waals surface area contributed by atoms with E-state index < -0.39 is 77.4 Å². The van der Waals surface area contributed by atoms with Crippen LogP contribution >= 0.6 is 0 Å². The van der Waals surface area contributed by atoms with Gasteiger partial charge in [-0.3, -0.25) is 14.5 Å². The molecule has 3 heterocycles. The van der Waals surface area contributed by atoms with Crippen LogP contribution in [0.2, 0.25) is 0 Å². The van der Waals surface area contributed by atoms with Gasteiger partial charge >= 0.3 is 18.3 Å². The lowest BCUT2D eigenvalue weighted by atomic mass is 9.91. The molecule has 0 radical (unpaired) electrons. The molecular formula is C37H35F7N4O6. The number of carbonyl (C=O) groups is 2. The van der Waals surface area contributed by atoms with Crippen molar-refractivity contribution in [2.75, 3.05) is 51.0 Å². The molecule has 4 aromatic rings. The number of carboxylic acids is 1. The molecule has 6 rings (SSSR count). The van der Waals surface area contributed by atoms with Gasteiger partial charge in [-0.25, -0.2) is 9.18 Å². The van der Waals surface area contributed by atoms with Gasteiger partial charge in [0.2, 0.25) is 0 Å². The van der Waals surface area contributed by atoms with E-state index in [1.165, 1.54) is 49.5 Å². The van der Waals surface area contributed by atoms with Gasteiger partial charge in [0.05, 0.1) is 43.1 Å². The number of nitrogens with zero attached hydrogens (tertiary/aromatic N) is 3. The van der Waals surface area contributed by atoms with Crippen LogP contribution in [-0.2, 0) is 40.5 Å². The number of aromatic nitrogens is 1. The highest BCUT2D eigenvalue weighted by Crippen LogP contribution is 2.39. The Labute approximate surface area is 303 Å². The van der Waals surface area contributed by atoms with Gasteiger partial charge in [-0.05, 0) is 45.7 Å². The summed E-state index contributed by atoms with van der Waals surface area (Å²) in [6.07, 6.45) is -8.96. The molecule has 10 nitrogen and oxygen atoms in total. The van der Waals surface area contributed by atoms with Crippen molar-refractivity contribution >= 4 is 28.3 Å². The summed E-state index contributed by atoms with van der Waals surface area (Å²) in [7, 11) is 1.31. The minimum absolute atomic E-state index is 0.0284. The Hall–Kier alpha value is -5.00. The number of ether oxygens (including phenoxy) is 2. The summed E-state index contributed by atoms with van der Waals surface area (Å²) in [6.45, 7) is 0.453. The fourth-order valence-corrected chi connectivity index (χ4v) is 6.92. The highest BCUT2D eigenvalue weighted by molar-refractivity contribution is 6.00. The maximum absolute atomic E-state index is 16.1. The van der Waals surface area contributed by atoms with Crippen molar-refractivity contribution in [2.24, 2.45) is 7.05 Å². The Kier molecular flexibility index (Phi) is 11.0. The van der Waals surface area contributed by atoms with Crippen molar-refractivity contribution < 1.29 is 54.9 Å². The van der Waals surface area contributed by atoms with Gasteiger partial charge in [0.1, 0.15) is 17.9 Å². The Balaban J connectivity index is 1.36. The molecule has 2 fully saturated rings. The normalized spacial score (nSPS) is 17.8. The molecule has 3 aromatic carbocycles. The number of nitrogens with one attached hydrogen (secondary N) is 1. The molecule has 17 heteroatoms. The number of morpholine rings is 2. The lowest BCUT2D eigenvalue weighted by Gasteiger charge is -2.38. The predicted molar refractivity (Wildman–Crippen MR) is 183 cm³/mol. The number of rotatable bonds is 9. The molecule has 0 spiro atoms. The first-order valence-electron chi connectivity index (χ1n) is 16.9. The molecule has 54 heavy (non-hydrogen) atoms. The Morgan fingerprint density at radius 2 is 1.61 bits per heavy atom. The van der Waals surface area contributed by atoms with Crippen molar-refractivity contribution in [3.8, 4) is 11.1 Å². The first-order valence-corrected chi connectivity index (χ1v) is 16.9. The maximum atomic E-state index is 16.1. The zero-order chi connectivity index (χ0) is 38.9. The summed E-state index contributed by atoms with van der Waals surface area (Å²) in [5.41, 5.74) is -3.04. The fourth-order valence-electron chi connectivity index (χ4n) is 6.92. The first-order chi connectivity index (χ1) is 25.5. The topological polar surface area (TPSA) is 113 Å². The van der Waals surface area contributed by atoms with E-state index in [1.807, 2.05) is 4.90 Å². The maximum Gasteiger partial charge on any atom is 0.417 e. The fraction of sp³-hybridized carbons (Fsp3) is 0.378. The number of amides is 1. The smallest absolute Gasteiger partial charge is 0.417 e. The summed E-state index contributed by atoms with van der Waals surface area (Å²) in [6, 6.07) is 7.94. The largest absolute Gasteiger partial charge is 0.480 e. The lowest BCUT2D eigenvalue weighted by molar-refractivity contribution is -0.167. The number of carbonyl (C=O) groups excluding carboxylic acids is 1. The summed E-state index contributed by atoms with van der Waals surface area (Å²) < 4.78 is 112. The third-order valence-corrected chi connectivity index (χ3v) is 9.60. The second-order valence-corrected chi connectivity index (χ2v) is 13.1. The third kappa shape index (κ3) is 8.07. The molecule has 0 bridgehead atoms. The van der Waals surface area contributed by atoms with Crippen LogP contribution in [0.1, 0.15) is 27.0 Å². The third-order valence-electron chi connectivity index (χ3n) is 9.60. The quantitative estimate of drug-likeness (QED) is 0.219. The van der Waals surface area contributed by atoms with Crippen molar-refractivity contribution in [3.05, 3.63) is 99.2 Å². The summed E-state index contributed by atoms with van der Waals surface area (Å²) in [5, 5.41) is 13.1. The second-order valence-electron chi connectivity index (χ2n) is 13.1. The highest BCUT2D eigenvalue weighted by Gasteiger charge is 2.46. The Morgan fingerprint density at radius 3 is 2.30 bits per heavy atom. The molecule has 1 amide bonds. The first kappa shape index (κ1) is 38.7. The van der Waals surface area contributed by atoms with Crippen molar-refractivity contribution in [3.63, 3.8) is 0 Å². The van der Waals surface area contributed by atoms with Crippen LogP contribution in [0, 0.1) is 5.82 Å². The molecule has 2 aliphatic rings. The summed E-state index contributed by atoms with van der Waals surface area (Å²) in [4.78, 5) is 42.3. The number of hydrogen-bond donors (Lipinski definition) is 2. The zero-order valence-corrected chi connectivity index (χ0v) is 28.8. The van der Waals surface area contributed by atoms with Crippen LogP contribution in [-0.4, -0.2) is 90.8 Å². The number of pyridine rings is 1. The molecule has 1 aromatic heterocycles. The van der Waals surface area contributed by atoms with Gasteiger partial charge in [0.25, 0.3) is 11.5 Å². The van der Waals surface area contributed by atoms with Gasteiger partial charge in [-0.15, -0.1) is 0 Å². The van der Waals surface area contributed by atoms with Gasteiger partial charge in [-0.2, -0.15) is 26.3 Å². The average Bonchev–Trinajstić information content (AvgIpc) is 3.11. The molecular weight excluding hydrogens is 729 g/mol. The molecule has 2 aliphatic heterocycles. The van der Waals surface area contributed by atoms with Gasteiger partial charge in [0, 0.05) is 51.5 Å². The molecule has 2 atom stereocenters. The average molecular weight is 765 g/mol. The minimum atomic E-state index is -4.86. The molecule has 0 aliphatic carbocycles. The van der Waals surface area contributed by atoms with Crippen molar-refractivity contribution in [1.29, 1.82) is 0 Å². The second kappa shape index (κ2) is 15.4. The van der Waals surface area contributed by atoms with E-state index in [1.54, 1.807) is 0 Å². The molecule has 0 unspecified atom stereocenters. The zero-order valence-electron chi connectivity index (χ0n) is 28.8. The van der Waals surface area contributed by atoms with Gasteiger partial charge in [-0.1, -0.05) is 36.4 Å². The lowest BCUT2D eigenvalue weighted by Crippen LogP contribution is -2.53. The number of aliphatic carboxylic acids is 1. The number of carboxylic acid groups (broad SMARTS) is 1. The van der Waals surface area contributed by atoms with E-state index in [4.69, 9.17) is 9.47 Å². The van der Waals surface area contributed by atoms with E-state index in [-0.39, 0.29) is 41.9 Å².